The van der Waals surface area contributed by atoms with E-state index >= 15 is 0 Å². The number of hydrogen-bond donors (Lipinski definition) is 2. The molecular weight excluding hydrogens is 329 g/mol. The summed E-state index contributed by atoms with van der Waals surface area (Å²) < 4.78 is 14.3. The standard InChI is InChI=1S/C17H20FN3O2S/c18-13-2-1-3-14-16(13)24-17(20-14)19-11-6-12(7-11)21(9-15(22)23)8-10-4-5-10/h1-3,10-12H,4-9H2,(H,19,20)(H,22,23). The SMILES string of the molecule is O=C(O)CN(CC1CC1)C1CC(Nc2nc3cccc(F)c3s2)C1. The Morgan fingerprint density at radius 3 is 2.88 bits per heavy atom. The quantitative estimate of drug-likeness (QED) is 0.804. The van der Waals surface area contributed by atoms with Crippen LogP contribution in [0.5, 0.6) is 0 Å². The molecule has 2 aliphatic carbocycles. The zero-order valence-electron chi connectivity index (χ0n) is 13.2. The smallest absolute Gasteiger partial charge is 0.317 e. The minimum Gasteiger partial charge on any atom is -0.480 e. The number of nitrogens with zero attached hydrogens (tertiary/aromatic N) is 2. The van der Waals surface area contributed by atoms with Crippen LogP contribution < -0.4 is 5.32 Å². The second-order valence-electron chi connectivity index (χ2n) is 6.84. The number of carboxylic acids is 1. The fourth-order valence-electron chi connectivity index (χ4n) is 3.30. The Bertz CT molecular complexity index is 755. The largest absolute Gasteiger partial charge is 0.480 e. The molecule has 4 rings (SSSR count). The van der Waals surface area contributed by atoms with Gasteiger partial charge in [-0.1, -0.05) is 17.4 Å². The van der Waals surface area contributed by atoms with Gasteiger partial charge in [0.15, 0.2) is 5.13 Å². The first-order chi connectivity index (χ1) is 11.6. The summed E-state index contributed by atoms with van der Waals surface area (Å²) in [5, 5.41) is 13.2. The molecule has 2 aromatic rings. The molecule has 7 heteroatoms. The van der Waals surface area contributed by atoms with Crippen LogP contribution in [0.1, 0.15) is 25.7 Å². The summed E-state index contributed by atoms with van der Waals surface area (Å²) in [6.07, 6.45) is 4.28. The van der Waals surface area contributed by atoms with Crippen LogP contribution in [0.3, 0.4) is 0 Å². The molecule has 0 atom stereocenters. The molecule has 0 bridgehead atoms. The molecule has 0 spiro atoms. The van der Waals surface area contributed by atoms with Crippen LogP contribution in [0.25, 0.3) is 10.2 Å². The van der Waals surface area contributed by atoms with Crippen molar-refractivity contribution in [3.05, 3.63) is 24.0 Å². The fraction of sp³-hybridized carbons (Fsp3) is 0.529. The number of rotatable bonds is 7. The summed E-state index contributed by atoms with van der Waals surface area (Å²) in [6, 6.07) is 5.54. The number of nitrogens with one attached hydrogen (secondary N) is 1. The van der Waals surface area contributed by atoms with Crippen LogP contribution in [0.4, 0.5) is 9.52 Å². The maximum absolute atomic E-state index is 13.7. The summed E-state index contributed by atoms with van der Waals surface area (Å²) in [6.45, 7) is 1.02. The van der Waals surface area contributed by atoms with Gasteiger partial charge in [-0.05, 0) is 43.7 Å². The molecule has 2 saturated carbocycles. The highest BCUT2D eigenvalue weighted by molar-refractivity contribution is 7.22. The Hall–Kier alpha value is -1.73. The Morgan fingerprint density at radius 1 is 1.42 bits per heavy atom. The summed E-state index contributed by atoms with van der Waals surface area (Å²) in [4.78, 5) is 17.6. The fourth-order valence-corrected chi connectivity index (χ4v) is 4.25. The van der Waals surface area contributed by atoms with Gasteiger partial charge in [0.05, 0.1) is 16.8 Å². The predicted octanol–water partition coefficient (Wildman–Crippen LogP) is 3.17. The molecule has 0 saturated heterocycles. The molecule has 24 heavy (non-hydrogen) atoms. The first kappa shape index (κ1) is 15.8. The van der Waals surface area contributed by atoms with Gasteiger partial charge in [-0.3, -0.25) is 9.69 Å². The number of hydrogen-bond acceptors (Lipinski definition) is 5. The predicted molar refractivity (Wildman–Crippen MR) is 91.9 cm³/mol. The summed E-state index contributed by atoms with van der Waals surface area (Å²) >= 11 is 1.34. The zero-order chi connectivity index (χ0) is 16.7. The van der Waals surface area contributed by atoms with Crippen LogP contribution in [0.2, 0.25) is 0 Å². The van der Waals surface area contributed by atoms with Crippen LogP contribution >= 0.6 is 11.3 Å². The minimum atomic E-state index is -0.756. The van der Waals surface area contributed by atoms with E-state index in [0.29, 0.717) is 22.2 Å². The van der Waals surface area contributed by atoms with E-state index in [2.05, 4.69) is 15.2 Å². The van der Waals surface area contributed by atoms with Gasteiger partial charge in [-0.25, -0.2) is 9.37 Å². The molecule has 5 nitrogen and oxygen atoms in total. The van der Waals surface area contributed by atoms with Gasteiger partial charge in [0.1, 0.15) is 5.82 Å². The number of carbonyl (C=O) groups is 1. The lowest BCUT2D eigenvalue weighted by atomic mass is 9.85. The molecule has 0 aliphatic heterocycles. The number of carboxylic acid groups (broad SMARTS) is 1. The molecule has 0 amide bonds. The van der Waals surface area contributed by atoms with E-state index < -0.39 is 5.97 Å². The highest BCUT2D eigenvalue weighted by atomic mass is 32.1. The molecule has 0 radical (unpaired) electrons. The lowest BCUT2D eigenvalue weighted by molar-refractivity contribution is -0.139. The lowest BCUT2D eigenvalue weighted by Crippen LogP contribution is -2.52. The Kier molecular flexibility index (Phi) is 4.14. The van der Waals surface area contributed by atoms with Gasteiger partial charge >= 0.3 is 5.97 Å². The normalized spacial score (nSPS) is 23.4. The van der Waals surface area contributed by atoms with Crippen LogP contribution in [0, 0.1) is 11.7 Å². The number of thiazole rings is 1. The molecule has 2 N–H and O–H groups in total. The van der Waals surface area contributed by atoms with Crippen molar-refractivity contribution in [1.82, 2.24) is 9.88 Å². The lowest BCUT2D eigenvalue weighted by Gasteiger charge is -2.42. The summed E-state index contributed by atoms with van der Waals surface area (Å²) in [5.74, 6) is -0.307. The van der Waals surface area contributed by atoms with Crippen molar-refractivity contribution in [1.29, 1.82) is 0 Å². The first-order valence-corrected chi connectivity index (χ1v) is 9.17. The van der Waals surface area contributed by atoms with Crippen LogP contribution in [-0.2, 0) is 4.79 Å². The van der Waals surface area contributed by atoms with Gasteiger partial charge < -0.3 is 10.4 Å². The molecule has 2 aliphatic rings. The number of aliphatic carboxylic acids is 1. The van der Waals surface area contributed by atoms with Crippen molar-refractivity contribution in [3.63, 3.8) is 0 Å². The summed E-state index contributed by atoms with van der Waals surface area (Å²) in [7, 11) is 0. The first-order valence-electron chi connectivity index (χ1n) is 8.36. The average Bonchev–Trinajstić information content (AvgIpc) is 3.19. The van der Waals surface area contributed by atoms with Gasteiger partial charge in [-0.15, -0.1) is 0 Å². The van der Waals surface area contributed by atoms with Gasteiger partial charge in [0, 0.05) is 18.6 Å². The number of fused-ring (bicyclic) bond motifs is 1. The zero-order valence-corrected chi connectivity index (χ0v) is 14.1. The van der Waals surface area contributed by atoms with Crippen molar-refractivity contribution in [2.45, 2.75) is 37.8 Å². The maximum Gasteiger partial charge on any atom is 0.317 e. The van der Waals surface area contributed by atoms with E-state index in [1.165, 1.54) is 30.2 Å². The van der Waals surface area contributed by atoms with E-state index in [1.54, 1.807) is 6.07 Å². The molecule has 2 fully saturated rings. The second kappa shape index (κ2) is 6.29. The number of aromatic nitrogens is 1. The van der Waals surface area contributed by atoms with E-state index in [0.717, 1.165) is 24.5 Å². The Labute approximate surface area is 143 Å². The van der Waals surface area contributed by atoms with Gasteiger partial charge in [0.2, 0.25) is 0 Å². The van der Waals surface area contributed by atoms with Crippen molar-refractivity contribution in [2.24, 2.45) is 5.92 Å². The van der Waals surface area contributed by atoms with Crippen molar-refractivity contribution in [2.75, 3.05) is 18.4 Å². The second-order valence-corrected chi connectivity index (χ2v) is 7.84. The van der Waals surface area contributed by atoms with E-state index in [1.807, 2.05) is 6.07 Å². The Balaban J connectivity index is 1.35. The molecule has 128 valence electrons. The minimum absolute atomic E-state index is 0.125. The number of anilines is 1. The van der Waals surface area contributed by atoms with E-state index in [-0.39, 0.29) is 18.4 Å². The van der Waals surface area contributed by atoms with Crippen LogP contribution in [-0.4, -0.2) is 46.1 Å². The molecule has 1 aromatic heterocycles. The number of halogens is 1. The van der Waals surface area contributed by atoms with Crippen molar-refractivity contribution < 1.29 is 14.3 Å². The van der Waals surface area contributed by atoms with Gasteiger partial charge in [-0.2, -0.15) is 0 Å². The highest BCUT2D eigenvalue weighted by Gasteiger charge is 2.37. The van der Waals surface area contributed by atoms with Crippen LogP contribution in [0.15, 0.2) is 18.2 Å². The number of benzene rings is 1. The maximum atomic E-state index is 13.7. The molecule has 1 heterocycles. The van der Waals surface area contributed by atoms with E-state index in [4.69, 9.17) is 5.11 Å². The average molecular weight is 349 g/mol. The topological polar surface area (TPSA) is 65.5 Å². The molecular formula is C17H20FN3O2S. The Morgan fingerprint density at radius 2 is 2.21 bits per heavy atom. The molecule has 1 aromatic carbocycles. The third kappa shape index (κ3) is 3.37. The highest BCUT2D eigenvalue weighted by Crippen LogP contribution is 2.36. The third-order valence-electron chi connectivity index (χ3n) is 4.85. The summed E-state index contributed by atoms with van der Waals surface area (Å²) in [5.41, 5.74) is 0.680. The van der Waals surface area contributed by atoms with Crippen molar-refractivity contribution >= 4 is 32.7 Å². The van der Waals surface area contributed by atoms with Crippen molar-refractivity contribution in [3.8, 4) is 0 Å². The van der Waals surface area contributed by atoms with Gasteiger partial charge in [0.25, 0.3) is 0 Å². The third-order valence-corrected chi connectivity index (χ3v) is 5.86. The monoisotopic (exact) mass is 349 g/mol. The molecule has 0 unspecified atom stereocenters. The van der Waals surface area contributed by atoms with E-state index in [9.17, 15) is 9.18 Å².